The van der Waals surface area contributed by atoms with Crippen LogP contribution in [0.25, 0.3) is 0 Å². The SMILES string of the molecule is O=C(Cn1ccnc1)NCC(c1ccccc1)c1ccccc1. The van der Waals surface area contributed by atoms with Crippen molar-refractivity contribution in [1.29, 1.82) is 0 Å². The molecular formula is C19H19N3O. The Morgan fingerprint density at radius 1 is 1.00 bits per heavy atom. The van der Waals surface area contributed by atoms with Gasteiger partial charge in [0.2, 0.25) is 5.91 Å². The summed E-state index contributed by atoms with van der Waals surface area (Å²) in [7, 11) is 0. The maximum atomic E-state index is 12.1. The topological polar surface area (TPSA) is 46.9 Å². The lowest BCUT2D eigenvalue weighted by Crippen LogP contribution is -2.31. The summed E-state index contributed by atoms with van der Waals surface area (Å²) in [6, 6.07) is 20.5. The summed E-state index contributed by atoms with van der Waals surface area (Å²) in [5.74, 6) is 0.129. The number of hydrogen-bond acceptors (Lipinski definition) is 2. The highest BCUT2D eigenvalue weighted by atomic mass is 16.1. The van der Waals surface area contributed by atoms with Crippen LogP contribution in [-0.4, -0.2) is 22.0 Å². The smallest absolute Gasteiger partial charge is 0.240 e. The molecular weight excluding hydrogens is 286 g/mol. The molecule has 0 aliphatic carbocycles. The Morgan fingerprint density at radius 3 is 2.13 bits per heavy atom. The van der Waals surface area contributed by atoms with Gasteiger partial charge in [0.25, 0.3) is 0 Å². The van der Waals surface area contributed by atoms with Gasteiger partial charge in [0.05, 0.1) is 6.33 Å². The molecule has 0 aliphatic heterocycles. The van der Waals surface area contributed by atoms with E-state index in [1.54, 1.807) is 23.3 Å². The molecule has 0 aliphatic rings. The molecule has 0 unspecified atom stereocenters. The van der Waals surface area contributed by atoms with E-state index in [1.165, 1.54) is 11.1 Å². The Balaban J connectivity index is 1.71. The lowest BCUT2D eigenvalue weighted by molar-refractivity contribution is -0.121. The van der Waals surface area contributed by atoms with Crippen LogP contribution in [0.15, 0.2) is 79.4 Å². The van der Waals surface area contributed by atoms with Crippen LogP contribution in [0.3, 0.4) is 0 Å². The molecule has 0 saturated carbocycles. The Hall–Kier alpha value is -2.88. The van der Waals surface area contributed by atoms with E-state index in [-0.39, 0.29) is 18.4 Å². The number of nitrogens with zero attached hydrogens (tertiary/aromatic N) is 2. The molecule has 3 aromatic rings. The van der Waals surface area contributed by atoms with Crippen LogP contribution in [0.1, 0.15) is 17.0 Å². The van der Waals surface area contributed by atoms with Gasteiger partial charge in [-0.05, 0) is 11.1 Å². The molecule has 4 nitrogen and oxygen atoms in total. The first-order valence-corrected chi connectivity index (χ1v) is 7.65. The predicted molar refractivity (Wildman–Crippen MR) is 90.0 cm³/mol. The summed E-state index contributed by atoms with van der Waals surface area (Å²) in [6.07, 6.45) is 5.10. The van der Waals surface area contributed by atoms with E-state index in [2.05, 4.69) is 34.6 Å². The maximum Gasteiger partial charge on any atom is 0.240 e. The molecule has 3 rings (SSSR count). The number of benzene rings is 2. The summed E-state index contributed by atoms with van der Waals surface area (Å²) >= 11 is 0. The number of hydrogen-bond donors (Lipinski definition) is 1. The van der Waals surface area contributed by atoms with Crippen LogP contribution >= 0.6 is 0 Å². The molecule has 0 bridgehead atoms. The maximum absolute atomic E-state index is 12.1. The molecule has 1 heterocycles. The number of imidazole rings is 1. The first-order chi connectivity index (χ1) is 11.3. The van der Waals surface area contributed by atoms with Crippen molar-refractivity contribution in [3.05, 3.63) is 90.5 Å². The molecule has 4 heteroatoms. The fraction of sp³-hybridized carbons (Fsp3) is 0.158. The van der Waals surface area contributed by atoms with Gasteiger partial charge in [-0.15, -0.1) is 0 Å². The van der Waals surface area contributed by atoms with Crippen LogP contribution in [-0.2, 0) is 11.3 Å². The van der Waals surface area contributed by atoms with Gasteiger partial charge in [-0.3, -0.25) is 4.79 Å². The van der Waals surface area contributed by atoms with E-state index < -0.39 is 0 Å². The Morgan fingerprint density at radius 2 is 1.61 bits per heavy atom. The van der Waals surface area contributed by atoms with Crippen LogP contribution < -0.4 is 5.32 Å². The Bertz CT molecular complexity index is 684. The van der Waals surface area contributed by atoms with Gasteiger partial charge >= 0.3 is 0 Å². The van der Waals surface area contributed by atoms with E-state index in [0.29, 0.717) is 6.54 Å². The van der Waals surface area contributed by atoms with Gasteiger partial charge < -0.3 is 9.88 Å². The van der Waals surface area contributed by atoms with Gasteiger partial charge in [0, 0.05) is 24.9 Å². The van der Waals surface area contributed by atoms with Crippen molar-refractivity contribution in [3.8, 4) is 0 Å². The zero-order chi connectivity index (χ0) is 15.9. The summed E-state index contributed by atoms with van der Waals surface area (Å²) in [4.78, 5) is 16.1. The molecule has 0 radical (unpaired) electrons. The van der Waals surface area contributed by atoms with Gasteiger partial charge in [-0.2, -0.15) is 0 Å². The minimum absolute atomic E-state index is 0.0140. The van der Waals surface area contributed by atoms with Crippen molar-refractivity contribution < 1.29 is 4.79 Å². The summed E-state index contributed by atoms with van der Waals surface area (Å²) in [5.41, 5.74) is 2.39. The Kier molecular flexibility index (Phi) is 4.84. The third-order valence-electron chi connectivity index (χ3n) is 3.79. The highest BCUT2D eigenvalue weighted by Gasteiger charge is 2.15. The van der Waals surface area contributed by atoms with Crippen molar-refractivity contribution in [2.24, 2.45) is 0 Å². The molecule has 0 spiro atoms. The zero-order valence-electron chi connectivity index (χ0n) is 12.8. The summed E-state index contributed by atoms with van der Waals surface area (Å²) < 4.78 is 1.76. The van der Waals surface area contributed by atoms with E-state index in [1.807, 2.05) is 36.4 Å². The zero-order valence-corrected chi connectivity index (χ0v) is 12.8. The van der Waals surface area contributed by atoms with E-state index in [0.717, 1.165) is 0 Å². The monoisotopic (exact) mass is 305 g/mol. The number of nitrogens with one attached hydrogen (secondary N) is 1. The normalized spacial score (nSPS) is 10.7. The molecule has 116 valence electrons. The quantitative estimate of drug-likeness (QED) is 0.761. The Labute approximate surface area is 135 Å². The lowest BCUT2D eigenvalue weighted by Gasteiger charge is -2.19. The first-order valence-electron chi connectivity index (χ1n) is 7.65. The third kappa shape index (κ3) is 4.07. The van der Waals surface area contributed by atoms with Gasteiger partial charge in [0.1, 0.15) is 6.54 Å². The van der Waals surface area contributed by atoms with E-state index >= 15 is 0 Å². The minimum atomic E-state index is -0.0140. The van der Waals surface area contributed by atoms with Crippen LogP contribution in [0.2, 0.25) is 0 Å². The average molecular weight is 305 g/mol. The van der Waals surface area contributed by atoms with Crippen molar-refractivity contribution in [3.63, 3.8) is 0 Å². The van der Waals surface area contributed by atoms with Crippen molar-refractivity contribution in [2.45, 2.75) is 12.5 Å². The standard InChI is InChI=1S/C19H19N3O/c23-19(14-22-12-11-20-15-22)21-13-18(16-7-3-1-4-8-16)17-9-5-2-6-10-17/h1-12,15,18H,13-14H2,(H,21,23). The fourth-order valence-corrected chi connectivity index (χ4v) is 2.62. The van der Waals surface area contributed by atoms with Crippen LogP contribution in [0.5, 0.6) is 0 Å². The molecule has 0 atom stereocenters. The largest absolute Gasteiger partial charge is 0.354 e. The molecule has 1 aromatic heterocycles. The summed E-state index contributed by atoms with van der Waals surface area (Å²) in [5, 5.41) is 3.03. The molecule has 1 N–H and O–H groups in total. The average Bonchev–Trinajstić information content (AvgIpc) is 3.10. The highest BCUT2D eigenvalue weighted by Crippen LogP contribution is 2.23. The second-order valence-electron chi connectivity index (χ2n) is 5.41. The van der Waals surface area contributed by atoms with Crippen molar-refractivity contribution in [1.82, 2.24) is 14.9 Å². The molecule has 0 fully saturated rings. The molecule has 0 saturated heterocycles. The number of carbonyl (C=O) groups excluding carboxylic acids is 1. The first kappa shape index (κ1) is 15.0. The predicted octanol–water partition coefficient (Wildman–Crippen LogP) is 2.83. The highest BCUT2D eigenvalue weighted by molar-refractivity contribution is 5.75. The van der Waals surface area contributed by atoms with Crippen molar-refractivity contribution >= 4 is 5.91 Å². The number of aromatic nitrogens is 2. The number of carbonyl (C=O) groups is 1. The minimum Gasteiger partial charge on any atom is -0.354 e. The van der Waals surface area contributed by atoms with E-state index in [4.69, 9.17) is 0 Å². The van der Waals surface area contributed by atoms with Gasteiger partial charge in [0.15, 0.2) is 0 Å². The van der Waals surface area contributed by atoms with E-state index in [9.17, 15) is 4.79 Å². The summed E-state index contributed by atoms with van der Waals surface area (Å²) in [6.45, 7) is 0.859. The second kappa shape index (κ2) is 7.40. The lowest BCUT2D eigenvalue weighted by atomic mass is 9.91. The second-order valence-corrected chi connectivity index (χ2v) is 5.41. The third-order valence-corrected chi connectivity index (χ3v) is 3.79. The van der Waals surface area contributed by atoms with Crippen LogP contribution in [0.4, 0.5) is 0 Å². The van der Waals surface area contributed by atoms with Gasteiger partial charge in [-0.1, -0.05) is 60.7 Å². The molecule has 2 aromatic carbocycles. The fourth-order valence-electron chi connectivity index (χ4n) is 2.62. The van der Waals surface area contributed by atoms with Gasteiger partial charge in [-0.25, -0.2) is 4.98 Å². The number of rotatable bonds is 6. The van der Waals surface area contributed by atoms with Crippen molar-refractivity contribution in [2.75, 3.05) is 6.54 Å². The number of amides is 1. The molecule has 23 heavy (non-hydrogen) atoms. The van der Waals surface area contributed by atoms with Crippen LogP contribution in [0, 0.1) is 0 Å². The molecule has 1 amide bonds.